The number of rotatable bonds is 4. The summed E-state index contributed by atoms with van der Waals surface area (Å²) < 4.78 is 5.21. The zero-order chi connectivity index (χ0) is 11.4. The van der Waals surface area contributed by atoms with Crippen LogP contribution in [0.15, 0.2) is 23.1 Å². The molecule has 1 aliphatic rings. The van der Waals surface area contributed by atoms with Gasteiger partial charge in [0.1, 0.15) is 5.75 Å². The van der Waals surface area contributed by atoms with Gasteiger partial charge in [0.25, 0.3) is 0 Å². The average molecular weight is 239 g/mol. The van der Waals surface area contributed by atoms with Gasteiger partial charge < -0.3 is 15.2 Å². The summed E-state index contributed by atoms with van der Waals surface area (Å²) in [4.78, 5) is 1.28. The van der Waals surface area contributed by atoms with Gasteiger partial charge in [-0.2, -0.15) is 0 Å². The fraction of sp³-hybridized carbons (Fsp3) is 0.500. The number of hydrogen-bond acceptors (Lipinski definition) is 4. The highest BCUT2D eigenvalue weighted by molar-refractivity contribution is 7.99. The Kier molecular flexibility index (Phi) is 3.96. The molecule has 0 aromatic heterocycles. The topological polar surface area (TPSA) is 41.5 Å². The Morgan fingerprint density at radius 1 is 1.56 bits per heavy atom. The molecule has 4 heteroatoms. The van der Waals surface area contributed by atoms with Crippen LogP contribution in [0.3, 0.4) is 0 Å². The predicted octanol–water partition coefficient (Wildman–Crippen LogP) is 2.35. The van der Waals surface area contributed by atoms with E-state index in [0.717, 1.165) is 30.0 Å². The lowest BCUT2D eigenvalue weighted by Crippen LogP contribution is -2.26. The van der Waals surface area contributed by atoms with Crippen LogP contribution in [0, 0.1) is 0 Å². The number of methoxy groups -OCH3 is 1. The van der Waals surface area contributed by atoms with Gasteiger partial charge >= 0.3 is 0 Å². The Hall–Kier alpha value is -0.870. The molecule has 0 fully saturated rings. The first-order chi connectivity index (χ1) is 7.83. The van der Waals surface area contributed by atoms with Crippen molar-refractivity contribution in [3.63, 3.8) is 0 Å². The van der Waals surface area contributed by atoms with Crippen LogP contribution in [-0.2, 0) is 0 Å². The van der Waals surface area contributed by atoms with E-state index >= 15 is 0 Å². The van der Waals surface area contributed by atoms with Gasteiger partial charge in [-0.25, -0.2) is 0 Å². The number of anilines is 1. The summed E-state index contributed by atoms with van der Waals surface area (Å²) in [5, 5.41) is 12.3. The molecule has 3 nitrogen and oxygen atoms in total. The second-order valence-corrected chi connectivity index (χ2v) is 4.94. The maximum atomic E-state index is 8.82. The van der Waals surface area contributed by atoms with Crippen LogP contribution in [0.1, 0.15) is 12.8 Å². The fourth-order valence-corrected chi connectivity index (χ4v) is 2.89. The molecule has 0 aliphatic carbocycles. The van der Waals surface area contributed by atoms with Crippen molar-refractivity contribution in [2.24, 2.45) is 0 Å². The highest BCUT2D eigenvalue weighted by atomic mass is 32.2. The van der Waals surface area contributed by atoms with Crippen molar-refractivity contribution in [1.29, 1.82) is 0 Å². The molecule has 1 atom stereocenters. The maximum absolute atomic E-state index is 8.82. The summed E-state index contributed by atoms with van der Waals surface area (Å²) in [6.45, 7) is 0.272. The third-order valence-electron chi connectivity index (χ3n) is 2.70. The predicted molar refractivity (Wildman–Crippen MR) is 67.4 cm³/mol. The average Bonchev–Trinajstić information content (AvgIpc) is 2.35. The minimum absolute atomic E-state index is 0.272. The van der Waals surface area contributed by atoms with E-state index in [-0.39, 0.29) is 6.61 Å². The standard InChI is InChI=1S/C12H17NO2S/c1-15-10-4-5-12-11(7-10)13-9(8-16-12)3-2-6-14/h4-5,7,9,13-14H,2-3,6,8H2,1H3. The largest absolute Gasteiger partial charge is 0.497 e. The number of aliphatic hydroxyl groups excluding tert-OH is 1. The van der Waals surface area contributed by atoms with Crippen LogP contribution in [0.5, 0.6) is 5.75 Å². The molecule has 2 N–H and O–H groups in total. The molecular weight excluding hydrogens is 222 g/mol. The van der Waals surface area contributed by atoms with Crippen molar-refractivity contribution in [1.82, 2.24) is 0 Å². The molecule has 0 spiro atoms. The van der Waals surface area contributed by atoms with Gasteiger partial charge in [-0.1, -0.05) is 0 Å². The van der Waals surface area contributed by atoms with E-state index in [1.165, 1.54) is 4.90 Å². The molecule has 1 heterocycles. The van der Waals surface area contributed by atoms with Crippen LogP contribution in [-0.4, -0.2) is 30.6 Å². The second kappa shape index (κ2) is 5.46. The number of nitrogens with one attached hydrogen (secondary N) is 1. The van der Waals surface area contributed by atoms with E-state index in [0.29, 0.717) is 6.04 Å². The zero-order valence-electron chi connectivity index (χ0n) is 9.40. The highest BCUT2D eigenvalue weighted by Gasteiger charge is 2.18. The zero-order valence-corrected chi connectivity index (χ0v) is 10.2. The molecule has 1 aromatic rings. The van der Waals surface area contributed by atoms with Gasteiger partial charge in [-0.15, -0.1) is 11.8 Å². The first-order valence-corrected chi connectivity index (χ1v) is 6.50. The Labute approximate surface area is 100 Å². The van der Waals surface area contributed by atoms with E-state index in [2.05, 4.69) is 11.4 Å². The fourth-order valence-electron chi connectivity index (χ4n) is 1.82. The third-order valence-corrected chi connectivity index (χ3v) is 3.93. The van der Waals surface area contributed by atoms with Gasteiger partial charge in [0.05, 0.1) is 12.8 Å². The van der Waals surface area contributed by atoms with Crippen LogP contribution >= 0.6 is 11.8 Å². The minimum Gasteiger partial charge on any atom is -0.497 e. The number of thioether (sulfide) groups is 1. The normalized spacial score (nSPS) is 18.8. The lowest BCUT2D eigenvalue weighted by atomic mass is 10.1. The van der Waals surface area contributed by atoms with Gasteiger partial charge in [-0.05, 0) is 25.0 Å². The second-order valence-electron chi connectivity index (χ2n) is 3.88. The summed E-state index contributed by atoms with van der Waals surface area (Å²) >= 11 is 1.87. The first kappa shape index (κ1) is 11.6. The van der Waals surface area contributed by atoms with Crippen molar-refractivity contribution >= 4 is 17.4 Å². The first-order valence-electron chi connectivity index (χ1n) is 5.51. The van der Waals surface area contributed by atoms with E-state index in [1.807, 2.05) is 23.9 Å². The lowest BCUT2D eigenvalue weighted by molar-refractivity contribution is 0.282. The smallest absolute Gasteiger partial charge is 0.121 e. The summed E-state index contributed by atoms with van der Waals surface area (Å²) in [6.07, 6.45) is 1.87. The van der Waals surface area contributed by atoms with E-state index in [1.54, 1.807) is 7.11 Å². The Morgan fingerprint density at radius 3 is 3.19 bits per heavy atom. The van der Waals surface area contributed by atoms with Crippen LogP contribution < -0.4 is 10.1 Å². The minimum atomic E-state index is 0.272. The molecule has 0 radical (unpaired) electrons. The highest BCUT2D eigenvalue weighted by Crippen LogP contribution is 2.36. The quantitative estimate of drug-likeness (QED) is 0.846. The third kappa shape index (κ3) is 2.62. The summed E-state index contributed by atoms with van der Waals surface area (Å²) in [7, 11) is 1.68. The van der Waals surface area contributed by atoms with Crippen LogP contribution in [0.2, 0.25) is 0 Å². The Morgan fingerprint density at radius 2 is 2.44 bits per heavy atom. The summed E-state index contributed by atoms with van der Waals surface area (Å²) in [5.74, 6) is 1.95. The monoisotopic (exact) mass is 239 g/mol. The molecule has 88 valence electrons. The molecule has 0 amide bonds. The molecule has 2 rings (SSSR count). The molecule has 0 saturated carbocycles. The summed E-state index contributed by atoms with van der Waals surface area (Å²) in [6, 6.07) is 6.57. The van der Waals surface area contributed by atoms with Crippen molar-refractivity contribution < 1.29 is 9.84 Å². The molecule has 0 saturated heterocycles. The molecule has 1 unspecified atom stereocenters. The number of fused-ring (bicyclic) bond motifs is 1. The number of hydrogen-bond donors (Lipinski definition) is 2. The van der Waals surface area contributed by atoms with Gasteiger partial charge in [0.15, 0.2) is 0 Å². The van der Waals surface area contributed by atoms with Crippen molar-refractivity contribution in [3.05, 3.63) is 18.2 Å². The van der Waals surface area contributed by atoms with Crippen molar-refractivity contribution in [2.45, 2.75) is 23.8 Å². The number of benzene rings is 1. The molecule has 1 aromatic carbocycles. The molecular formula is C12H17NO2S. The van der Waals surface area contributed by atoms with Crippen molar-refractivity contribution in [3.8, 4) is 5.75 Å². The lowest BCUT2D eigenvalue weighted by Gasteiger charge is -2.26. The number of ether oxygens (including phenoxy) is 1. The number of aliphatic hydroxyl groups is 1. The SMILES string of the molecule is COc1ccc2c(c1)NC(CCCO)CS2. The van der Waals surface area contributed by atoms with Crippen molar-refractivity contribution in [2.75, 3.05) is 24.8 Å². The van der Waals surface area contributed by atoms with E-state index in [4.69, 9.17) is 9.84 Å². The Balaban J connectivity index is 2.06. The van der Waals surface area contributed by atoms with Crippen LogP contribution in [0.25, 0.3) is 0 Å². The van der Waals surface area contributed by atoms with Crippen LogP contribution in [0.4, 0.5) is 5.69 Å². The molecule has 16 heavy (non-hydrogen) atoms. The summed E-state index contributed by atoms with van der Waals surface area (Å²) in [5.41, 5.74) is 1.15. The molecule has 1 aliphatic heterocycles. The van der Waals surface area contributed by atoms with E-state index in [9.17, 15) is 0 Å². The van der Waals surface area contributed by atoms with E-state index < -0.39 is 0 Å². The molecule has 0 bridgehead atoms. The Bertz CT molecular complexity index is 357. The van der Waals surface area contributed by atoms with Gasteiger partial charge in [0.2, 0.25) is 0 Å². The van der Waals surface area contributed by atoms with Gasteiger partial charge in [0, 0.05) is 29.4 Å². The maximum Gasteiger partial charge on any atom is 0.121 e. The van der Waals surface area contributed by atoms with Gasteiger partial charge in [-0.3, -0.25) is 0 Å².